The van der Waals surface area contributed by atoms with Crippen LogP contribution in [-0.4, -0.2) is 181 Å². The van der Waals surface area contributed by atoms with Crippen LogP contribution >= 0.6 is 0 Å². The number of aliphatic hydroxyl groups excluding tert-OH is 8. The third-order valence-electron chi connectivity index (χ3n) is 10.2. The van der Waals surface area contributed by atoms with E-state index >= 15 is 0 Å². The normalized spacial score (nSPS) is 23.1. The molecular formula is C35H49F17N2O12. The second-order valence-electron chi connectivity index (χ2n) is 15.1. The average Bonchev–Trinajstić information content (AvgIpc) is 3.22. The van der Waals surface area contributed by atoms with Gasteiger partial charge in [0.2, 0.25) is 5.91 Å². The zero-order chi connectivity index (χ0) is 51.7. The quantitative estimate of drug-likeness (QED) is 0.0296. The summed E-state index contributed by atoms with van der Waals surface area (Å²) in [6, 6.07) is -1.95. The number of aliphatic hydroxyl groups is 8. The molecule has 66 heavy (non-hydrogen) atoms. The van der Waals surface area contributed by atoms with E-state index in [1.165, 1.54) is 0 Å². The molecule has 390 valence electrons. The molecule has 0 radical (unpaired) electrons. The highest BCUT2D eigenvalue weighted by Gasteiger charge is 2.95. The molecule has 0 saturated carbocycles. The molecule has 0 aromatic heterocycles. The van der Waals surface area contributed by atoms with E-state index in [1.54, 1.807) is 11.4 Å². The highest BCUT2D eigenvalue weighted by molar-refractivity contribution is 5.87. The third kappa shape index (κ3) is 13.2. The highest BCUT2D eigenvalue weighted by atomic mass is 19.4. The summed E-state index contributed by atoms with van der Waals surface area (Å²) in [4.78, 5) is 25.4. The van der Waals surface area contributed by atoms with Crippen molar-refractivity contribution < 1.29 is 135 Å². The van der Waals surface area contributed by atoms with Gasteiger partial charge in [-0.3, -0.25) is 9.59 Å². The Morgan fingerprint density at radius 3 is 1.64 bits per heavy atom. The molecule has 10 atom stereocenters. The van der Waals surface area contributed by atoms with E-state index in [0.29, 0.717) is 32.1 Å². The van der Waals surface area contributed by atoms with Gasteiger partial charge >= 0.3 is 47.6 Å². The van der Waals surface area contributed by atoms with Gasteiger partial charge in [0.1, 0.15) is 42.7 Å². The van der Waals surface area contributed by atoms with Crippen molar-refractivity contribution in [1.29, 1.82) is 0 Å². The number of unbranched alkanes of at least 4 members (excludes halogenated alkanes) is 6. The number of allylic oxidation sites excluding steroid dienone is 1. The van der Waals surface area contributed by atoms with Crippen LogP contribution in [0.3, 0.4) is 0 Å². The Balaban J connectivity index is 3.29. The maximum Gasteiger partial charge on any atom is 0.460 e. The van der Waals surface area contributed by atoms with E-state index < -0.39 is 160 Å². The van der Waals surface area contributed by atoms with Crippen molar-refractivity contribution >= 4 is 11.8 Å². The Morgan fingerprint density at radius 2 is 1.15 bits per heavy atom. The molecule has 5 unspecified atom stereocenters. The molecule has 10 N–H and O–H groups in total. The minimum Gasteiger partial charge on any atom is -0.394 e. The van der Waals surface area contributed by atoms with Crippen LogP contribution in [0.25, 0.3) is 0 Å². The lowest BCUT2D eigenvalue weighted by molar-refractivity contribution is -0.461. The first-order valence-corrected chi connectivity index (χ1v) is 19.4. The van der Waals surface area contributed by atoms with E-state index in [2.05, 4.69) is 6.58 Å². The fraction of sp³-hybridized carbons (Fsp3) is 0.886. The van der Waals surface area contributed by atoms with Gasteiger partial charge in [0.15, 0.2) is 12.4 Å². The third-order valence-corrected chi connectivity index (χ3v) is 10.2. The van der Waals surface area contributed by atoms with Gasteiger partial charge in [-0.25, -0.2) is 0 Å². The topological polar surface area (TPSA) is 238 Å². The number of nitrogens with one attached hydrogen (secondary N) is 2. The predicted molar refractivity (Wildman–Crippen MR) is 186 cm³/mol. The molecule has 31 heteroatoms. The molecule has 14 nitrogen and oxygen atoms in total. The largest absolute Gasteiger partial charge is 0.460 e. The summed E-state index contributed by atoms with van der Waals surface area (Å²) >= 11 is 0. The van der Waals surface area contributed by atoms with E-state index in [9.17, 15) is 125 Å². The molecule has 1 fully saturated rings. The number of hydrogen-bond acceptors (Lipinski definition) is 12. The summed E-state index contributed by atoms with van der Waals surface area (Å²) in [5, 5.41) is 83.4. The van der Waals surface area contributed by atoms with Crippen molar-refractivity contribution in [1.82, 2.24) is 10.6 Å². The van der Waals surface area contributed by atoms with E-state index in [4.69, 9.17) is 9.47 Å². The minimum absolute atomic E-state index is 0.141. The molecule has 1 saturated heterocycles. The van der Waals surface area contributed by atoms with Crippen molar-refractivity contribution in [3.63, 3.8) is 0 Å². The Hall–Kier alpha value is -2.91. The zero-order valence-corrected chi connectivity index (χ0v) is 33.9. The number of carbonyl (C=O) groups is 2. The first kappa shape index (κ1) is 61.1. The average molecular weight is 1010 g/mol. The lowest BCUT2D eigenvalue weighted by atomic mass is 9.87. The van der Waals surface area contributed by atoms with Crippen molar-refractivity contribution in [3.05, 3.63) is 12.7 Å². The van der Waals surface area contributed by atoms with Gasteiger partial charge in [0.05, 0.1) is 19.8 Å². The van der Waals surface area contributed by atoms with Crippen molar-refractivity contribution in [2.45, 2.75) is 173 Å². The first-order valence-electron chi connectivity index (χ1n) is 19.4. The standard InChI is InChI=1S/C35H49F17N2O12/c1-2-3-4-5-6-7-8-9-10-16(11-12-28(36,37)29(38,39)30(40,41)31(42,43)32(44,45)33(46,47)34(48,49)35(50,51)52)54-19(58)13-53-26(64)23(62)22(61)25(17(57)14-55)66-27-24(63)21(60)20(59)18(15-56)65-27/h2,16-18,20-25,27,55-57,59-63H,1,3-15H2,(H,53,64)(H,54,58)/t16?,17?,18-,20+,21+,22?,23?,24-,25?,27+/m1/s1. The molecule has 1 rings (SSSR count). The van der Waals surface area contributed by atoms with Gasteiger partial charge in [0.25, 0.3) is 5.91 Å². The van der Waals surface area contributed by atoms with Crippen LogP contribution in [0.1, 0.15) is 64.2 Å². The summed E-state index contributed by atoms with van der Waals surface area (Å²) in [7, 11) is 0. The number of rotatable bonds is 29. The molecule has 1 heterocycles. The van der Waals surface area contributed by atoms with Crippen molar-refractivity contribution in [2.75, 3.05) is 19.8 Å². The van der Waals surface area contributed by atoms with Gasteiger partial charge in [-0.05, 0) is 25.7 Å². The lowest BCUT2D eigenvalue weighted by Crippen LogP contribution is -2.74. The summed E-state index contributed by atoms with van der Waals surface area (Å²) < 4.78 is 244. The summed E-state index contributed by atoms with van der Waals surface area (Å²) in [6.07, 6.45) is -28.8. The Kier molecular flexibility index (Phi) is 21.8. The number of amides is 2. The van der Waals surface area contributed by atoms with Gasteiger partial charge in [-0.15, -0.1) is 6.58 Å². The van der Waals surface area contributed by atoms with Crippen LogP contribution in [0, 0.1) is 0 Å². The number of halogens is 17. The van der Waals surface area contributed by atoms with Crippen LogP contribution in [-0.2, 0) is 19.1 Å². The Labute approximate surface area is 362 Å². The molecule has 0 aromatic carbocycles. The predicted octanol–water partition coefficient (Wildman–Crippen LogP) is 2.94. The zero-order valence-electron chi connectivity index (χ0n) is 33.9. The minimum atomic E-state index is -8.81. The number of alkyl halides is 17. The molecule has 1 aliphatic heterocycles. The van der Waals surface area contributed by atoms with Gasteiger partial charge in [-0.1, -0.05) is 38.2 Å². The molecular weight excluding hydrogens is 963 g/mol. The van der Waals surface area contributed by atoms with Crippen molar-refractivity contribution in [2.24, 2.45) is 0 Å². The molecule has 0 aromatic rings. The molecule has 0 aliphatic carbocycles. The van der Waals surface area contributed by atoms with E-state index in [1.807, 2.05) is 5.32 Å². The smallest absolute Gasteiger partial charge is 0.394 e. The first-order chi connectivity index (χ1) is 29.9. The fourth-order valence-electron chi connectivity index (χ4n) is 6.11. The second kappa shape index (κ2) is 23.6. The van der Waals surface area contributed by atoms with Crippen LogP contribution in [0.15, 0.2) is 12.7 Å². The van der Waals surface area contributed by atoms with Crippen molar-refractivity contribution in [3.8, 4) is 0 Å². The lowest BCUT2D eigenvalue weighted by Gasteiger charge is -2.43. The maximum absolute atomic E-state index is 14.8. The van der Waals surface area contributed by atoms with Gasteiger partial charge < -0.3 is 61.0 Å². The molecule has 2 amide bonds. The molecule has 0 bridgehead atoms. The summed E-state index contributed by atoms with van der Waals surface area (Å²) in [5.41, 5.74) is 0. The summed E-state index contributed by atoms with van der Waals surface area (Å²) in [6.45, 7) is -0.206. The van der Waals surface area contributed by atoms with E-state index in [0.717, 1.165) is 0 Å². The molecule has 1 aliphatic rings. The van der Waals surface area contributed by atoms with Crippen LogP contribution in [0.4, 0.5) is 74.6 Å². The Morgan fingerprint density at radius 1 is 0.667 bits per heavy atom. The fourth-order valence-corrected chi connectivity index (χ4v) is 6.11. The van der Waals surface area contributed by atoms with Crippen LogP contribution in [0.5, 0.6) is 0 Å². The van der Waals surface area contributed by atoms with Crippen LogP contribution in [0.2, 0.25) is 0 Å². The molecule has 0 spiro atoms. The van der Waals surface area contributed by atoms with Gasteiger partial charge in [-0.2, -0.15) is 74.6 Å². The van der Waals surface area contributed by atoms with Gasteiger partial charge in [0, 0.05) is 12.5 Å². The number of hydrogen-bond donors (Lipinski definition) is 10. The summed E-state index contributed by atoms with van der Waals surface area (Å²) in [5.74, 6) is -61.1. The second-order valence-corrected chi connectivity index (χ2v) is 15.1. The number of carbonyl (C=O) groups excluding carboxylic acids is 2. The SMILES string of the molecule is C=CCCCCCCCCC(CCC(F)(F)C(F)(F)C(F)(F)C(F)(F)C(F)(F)C(F)(F)C(F)(F)C(F)(F)F)NC(=O)CNC(=O)C(O)C(O)C(O[C@@H]1O[C@H](CO)[C@H](O)[C@H](O)[C@H]1O)C(O)CO. The number of ether oxygens (including phenoxy) is 2. The highest BCUT2D eigenvalue weighted by Crippen LogP contribution is 2.64. The Bertz CT molecular complexity index is 1550. The maximum atomic E-state index is 14.8. The monoisotopic (exact) mass is 1010 g/mol. The van der Waals surface area contributed by atoms with Crippen LogP contribution < -0.4 is 10.6 Å². The van der Waals surface area contributed by atoms with E-state index in [-0.39, 0.29) is 12.8 Å².